The molecule has 0 saturated carbocycles. The highest BCUT2D eigenvalue weighted by atomic mass is 16.5. The smallest absolute Gasteiger partial charge is 0.241 e. The molecule has 17 heavy (non-hydrogen) atoms. The number of benzene rings is 1. The van der Waals surface area contributed by atoms with Crippen molar-refractivity contribution in [3.63, 3.8) is 0 Å². The molecule has 1 aliphatic rings. The van der Waals surface area contributed by atoms with Crippen molar-refractivity contribution in [2.75, 3.05) is 19.0 Å². The van der Waals surface area contributed by atoms with Crippen molar-refractivity contribution in [3.05, 3.63) is 23.8 Å². The molecule has 1 aliphatic heterocycles. The topological polar surface area (TPSA) is 50.4 Å². The summed E-state index contributed by atoms with van der Waals surface area (Å²) in [4.78, 5) is 12.0. The third-order valence-electron chi connectivity index (χ3n) is 2.99. The fraction of sp³-hybridized carbons (Fsp3) is 0.462. The number of hydrogen-bond donors (Lipinski definition) is 2. The van der Waals surface area contributed by atoms with Gasteiger partial charge in [-0.25, -0.2) is 0 Å². The summed E-state index contributed by atoms with van der Waals surface area (Å²) in [5, 5.41) is 6.09. The highest BCUT2D eigenvalue weighted by molar-refractivity contribution is 5.96. The summed E-state index contributed by atoms with van der Waals surface area (Å²) in [5.41, 5.74) is 1.84. The average Bonchev–Trinajstić information content (AvgIpc) is 2.83. The number of carbonyl (C=O) groups is 1. The molecule has 1 aromatic carbocycles. The Kier molecular flexibility index (Phi) is 3.64. The molecule has 1 saturated heterocycles. The van der Waals surface area contributed by atoms with Gasteiger partial charge >= 0.3 is 0 Å². The van der Waals surface area contributed by atoms with E-state index in [1.54, 1.807) is 7.11 Å². The Morgan fingerprint density at radius 1 is 1.53 bits per heavy atom. The molecule has 0 radical (unpaired) electrons. The van der Waals surface area contributed by atoms with E-state index in [2.05, 4.69) is 10.6 Å². The fourth-order valence-electron chi connectivity index (χ4n) is 2.05. The highest BCUT2D eigenvalue weighted by Crippen LogP contribution is 2.25. The number of amides is 1. The quantitative estimate of drug-likeness (QED) is 0.837. The Morgan fingerprint density at radius 2 is 2.35 bits per heavy atom. The number of methoxy groups -OCH3 is 1. The van der Waals surface area contributed by atoms with Crippen LogP contribution in [-0.2, 0) is 4.79 Å². The number of hydrogen-bond acceptors (Lipinski definition) is 3. The van der Waals surface area contributed by atoms with Crippen molar-refractivity contribution in [1.82, 2.24) is 5.32 Å². The second-order valence-electron chi connectivity index (χ2n) is 4.34. The van der Waals surface area contributed by atoms with Crippen molar-refractivity contribution in [1.29, 1.82) is 0 Å². The van der Waals surface area contributed by atoms with Gasteiger partial charge in [-0.05, 0) is 44.0 Å². The Bertz CT molecular complexity index is 412. The summed E-state index contributed by atoms with van der Waals surface area (Å²) in [6, 6.07) is 5.68. The van der Waals surface area contributed by atoms with Crippen LogP contribution < -0.4 is 15.4 Å². The minimum absolute atomic E-state index is 0.0198. The van der Waals surface area contributed by atoms with Crippen LogP contribution in [0.2, 0.25) is 0 Å². The zero-order valence-corrected chi connectivity index (χ0v) is 10.2. The van der Waals surface area contributed by atoms with E-state index < -0.39 is 0 Å². The number of nitrogens with one attached hydrogen (secondary N) is 2. The Morgan fingerprint density at radius 3 is 3.00 bits per heavy atom. The Labute approximate surface area is 101 Å². The van der Waals surface area contributed by atoms with Gasteiger partial charge in [0.05, 0.1) is 18.8 Å². The highest BCUT2D eigenvalue weighted by Gasteiger charge is 2.22. The van der Waals surface area contributed by atoms with Crippen molar-refractivity contribution >= 4 is 11.6 Å². The monoisotopic (exact) mass is 234 g/mol. The van der Waals surface area contributed by atoms with Crippen molar-refractivity contribution in [2.24, 2.45) is 0 Å². The molecule has 1 fully saturated rings. The van der Waals surface area contributed by atoms with Crippen LogP contribution in [0.3, 0.4) is 0 Å². The molecule has 2 N–H and O–H groups in total. The molecule has 0 spiro atoms. The summed E-state index contributed by atoms with van der Waals surface area (Å²) >= 11 is 0. The summed E-state index contributed by atoms with van der Waals surface area (Å²) in [5.74, 6) is 0.716. The van der Waals surface area contributed by atoms with Crippen molar-refractivity contribution in [3.8, 4) is 5.75 Å². The maximum atomic E-state index is 12.0. The first kappa shape index (κ1) is 11.9. The Balaban J connectivity index is 2.11. The van der Waals surface area contributed by atoms with Gasteiger partial charge in [0, 0.05) is 0 Å². The molecular weight excluding hydrogens is 216 g/mol. The Hall–Kier alpha value is -1.55. The number of aryl methyl sites for hydroxylation is 1. The van der Waals surface area contributed by atoms with Gasteiger partial charge in [-0.1, -0.05) is 6.07 Å². The molecule has 92 valence electrons. The van der Waals surface area contributed by atoms with Crippen molar-refractivity contribution in [2.45, 2.75) is 25.8 Å². The molecule has 1 amide bonds. The molecule has 2 rings (SSSR count). The molecule has 1 atom stereocenters. The van der Waals surface area contributed by atoms with Gasteiger partial charge in [0.15, 0.2) is 0 Å². The van der Waals surface area contributed by atoms with Crippen LogP contribution in [0, 0.1) is 6.92 Å². The maximum absolute atomic E-state index is 12.0. The standard InChI is InChI=1S/C13H18N2O2/c1-9-5-6-12(17-2)11(8-9)15-13(16)10-4-3-7-14-10/h5-6,8,10,14H,3-4,7H2,1-2H3,(H,15,16)/t10-/m1/s1. The van der Waals surface area contributed by atoms with E-state index in [1.807, 2.05) is 25.1 Å². The van der Waals surface area contributed by atoms with Crippen molar-refractivity contribution < 1.29 is 9.53 Å². The summed E-state index contributed by atoms with van der Waals surface area (Å²) in [6.45, 7) is 2.91. The molecule has 0 unspecified atom stereocenters. The number of ether oxygens (including phenoxy) is 1. The van der Waals surface area contributed by atoms with Gasteiger partial charge in [-0.15, -0.1) is 0 Å². The summed E-state index contributed by atoms with van der Waals surface area (Å²) in [7, 11) is 1.61. The fourth-order valence-corrected chi connectivity index (χ4v) is 2.05. The molecule has 4 heteroatoms. The zero-order valence-electron chi connectivity index (χ0n) is 10.2. The molecule has 0 aromatic heterocycles. The zero-order chi connectivity index (χ0) is 12.3. The van der Waals surface area contributed by atoms with Gasteiger partial charge in [0.2, 0.25) is 5.91 Å². The lowest BCUT2D eigenvalue weighted by molar-refractivity contribution is -0.117. The van der Waals surface area contributed by atoms with Crippen LogP contribution in [0.5, 0.6) is 5.75 Å². The number of carbonyl (C=O) groups excluding carboxylic acids is 1. The van der Waals surface area contributed by atoms with Gasteiger partial charge in [0.1, 0.15) is 5.75 Å². The minimum atomic E-state index is -0.0692. The van der Waals surface area contributed by atoms with Crippen LogP contribution in [0.15, 0.2) is 18.2 Å². The van der Waals surface area contributed by atoms with Gasteiger partial charge in [-0.2, -0.15) is 0 Å². The first-order chi connectivity index (χ1) is 8.20. The van der Waals surface area contributed by atoms with Crippen LogP contribution in [-0.4, -0.2) is 25.6 Å². The van der Waals surface area contributed by atoms with Gasteiger partial charge < -0.3 is 15.4 Å². The van der Waals surface area contributed by atoms with E-state index >= 15 is 0 Å². The maximum Gasteiger partial charge on any atom is 0.241 e. The summed E-state index contributed by atoms with van der Waals surface area (Å²) in [6.07, 6.45) is 1.96. The first-order valence-electron chi connectivity index (χ1n) is 5.89. The van der Waals surface area contributed by atoms with Crippen LogP contribution >= 0.6 is 0 Å². The predicted molar refractivity (Wildman–Crippen MR) is 67.4 cm³/mol. The van der Waals surface area contributed by atoms with E-state index in [1.165, 1.54) is 0 Å². The van der Waals surface area contributed by atoms with E-state index in [-0.39, 0.29) is 11.9 Å². The van der Waals surface area contributed by atoms with Crippen LogP contribution in [0.4, 0.5) is 5.69 Å². The lowest BCUT2D eigenvalue weighted by Crippen LogP contribution is -2.35. The lowest BCUT2D eigenvalue weighted by Gasteiger charge is -2.14. The molecule has 1 aromatic rings. The second kappa shape index (κ2) is 5.19. The first-order valence-corrected chi connectivity index (χ1v) is 5.89. The van der Waals surface area contributed by atoms with E-state index in [0.717, 1.165) is 30.6 Å². The van der Waals surface area contributed by atoms with Gasteiger partial charge in [-0.3, -0.25) is 4.79 Å². The van der Waals surface area contributed by atoms with E-state index in [9.17, 15) is 4.79 Å². The largest absolute Gasteiger partial charge is 0.495 e. The molecule has 4 nitrogen and oxygen atoms in total. The summed E-state index contributed by atoms with van der Waals surface area (Å²) < 4.78 is 5.23. The normalized spacial score (nSPS) is 19.1. The van der Waals surface area contributed by atoms with Crippen LogP contribution in [0.1, 0.15) is 18.4 Å². The van der Waals surface area contributed by atoms with Crippen LogP contribution in [0.25, 0.3) is 0 Å². The average molecular weight is 234 g/mol. The third-order valence-corrected chi connectivity index (χ3v) is 2.99. The van der Waals surface area contributed by atoms with E-state index in [4.69, 9.17) is 4.74 Å². The molecule has 0 bridgehead atoms. The van der Waals surface area contributed by atoms with E-state index in [0.29, 0.717) is 5.75 Å². The van der Waals surface area contributed by atoms with Gasteiger partial charge in [0.25, 0.3) is 0 Å². The molecule has 0 aliphatic carbocycles. The lowest BCUT2D eigenvalue weighted by atomic mass is 10.2. The molecule has 1 heterocycles. The molecular formula is C13H18N2O2. The third kappa shape index (κ3) is 2.77. The predicted octanol–water partition coefficient (Wildman–Crippen LogP) is 1.69. The SMILES string of the molecule is COc1ccc(C)cc1NC(=O)[C@H]1CCCN1. The number of rotatable bonds is 3. The number of anilines is 1. The second-order valence-corrected chi connectivity index (χ2v) is 4.34. The minimum Gasteiger partial charge on any atom is -0.495 e.